The van der Waals surface area contributed by atoms with Crippen molar-refractivity contribution in [2.75, 3.05) is 37.6 Å². The Bertz CT molecular complexity index is 448. The van der Waals surface area contributed by atoms with Crippen molar-refractivity contribution in [3.05, 3.63) is 29.3 Å². The van der Waals surface area contributed by atoms with Gasteiger partial charge in [0.1, 0.15) is 0 Å². The normalized spacial score (nSPS) is 18.8. The van der Waals surface area contributed by atoms with E-state index < -0.39 is 0 Å². The van der Waals surface area contributed by atoms with Gasteiger partial charge in [-0.05, 0) is 39.8 Å². The molecule has 1 N–H and O–H groups in total. The Morgan fingerprint density at radius 3 is 2.33 bits per heavy atom. The number of piperazine rings is 1. The summed E-state index contributed by atoms with van der Waals surface area (Å²) < 4.78 is 0. The molecule has 21 heavy (non-hydrogen) atoms. The molecule has 1 atom stereocenters. The molecule has 0 bridgehead atoms. The van der Waals surface area contributed by atoms with Gasteiger partial charge in [-0.2, -0.15) is 0 Å². The largest absolute Gasteiger partial charge is 0.368 e. The van der Waals surface area contributed by atoms with Crippen LogP contribution >= 0.6 is 11.6 Å². The minimum atomic E-state index is 0.188. The zero-order valence-corrected chi connectivity index (χ0v) is 14.5. The predicted molar refractivity (Wildman–Crippen MR) is 92.5 cm³/mol. The Morgan fingerprint density at radius 1 is 1.14 bits per heavy atom. The van der Waals surface area contributed by atoms with Crippen LogP contribution in [0.2, 0.25) is 5.02 Å². The van der Waals surface area contributed by atoms with Crippen LogP contribution in [0, 0.1) is 0 Å². The standard InChI is InChI=1S/C17H28ClN3/c1-14(13-19-17(2,3)4)20-9-11-21(12-10-20)16-8-6-5-7-15(16)18/h5-8,14,19H,9-13H2,1-4H3. The summed E-state index contributed by atoms with van der Waals surface area (Å²) in [6.07, 6.45) is 0. The van der Waals surface area contributed by atoms with Crippen molar-refractivity contribution in [1.29, 1.82) is 0 Å². The number of rotatable bonds is 4. The maximum Gasteiger partial charge on any atom is 0.0639 e. The third-order valence-corrected chi connectivity index (χ3v) is 4.38. The first-order valence-corrected chi connectivity index (χ1v) is 8.23. The van der Waals surface area contributed by atoms with Gasteiger partial charge in [0.25, 0.3) is 0 Å². The second-order valence-corrected chi connectivity index (χ2v) is 7.36. The van der Waals surface area contributed by atoms with Gasteiger partial charge in [0.2, 0.25) is 0 Å². The molecule has 1 unspecified atom stereocenters. The van der Waals surface area contributed by atoms with Gasteiger partial charge in [0.15, 0.2) is 0 Å². The van der Waals surface area contributed by atoms with Crippen LogP contribution in [0.5, 0.6) is 0 Å². The van der Waals surface area contributed by atoms with Gasteiger partial charge in [-0.15, -0.1) is 0 Å². The van der Waals surface area contributed by atoms with E-state index in [-0.39, 0.29) is 5.54 Å². The minimum Gasteiger partial charge on any atom is -0.368 e. The van der Waals surface area contributed by atoms with Crippen molar-refractivity contribution in [2.45, 2.75) is 39.3 Å². The summed E-state index contributed by atoms with van der Waals surface area (Å²) >= 11 is 6.29. The van der Waals surface area contributed by atoms with Gasteiger partial charge in [-0.3, -0.25) is 4.90 Å². The lowest BCUT2D eigenvalue weighted by atomic mass is 10.1. The molecule has 1 fully saturated rings. The number of hydrogen-bond donors (Lipinski definition) is 1. The summed E-state index contributed by atoms with van der Waals surface area (Å²) in [4.78, 5) is 4.95. The number of nitrogens with one attached hydrogen (secondary N) is 1. The molecule has 4 heteroatoms. The van der Waals surface area contributed by atoms with Crippen LogP contribution in [-0.2, 0) is 0 Å². The molecule has 1 aromatic rings. The number of halogens is 1. The summed E-state index contributed by atoms with van der Waals surface area (Å²) in [5.74, 6) is 0. The van der Waals surface area contributed by atoms with Gasteiger partial charge < -0.3 is 10.2 Å². The number of anilines is 1. The maximum atomic E-state index is 6.29. The summed E-state index contributed by atoms with van der Waals surface area (Å²) in [6.45, 7) is 14.3. The molecule has 0 aliphatic carbocycles. The van der Waals surface area contributed by atoms with E-state index in [4.69, 9.17) is 11.6 Å². The summed E-state index contributed by atoms with van der Waals surface area (Å²) in [5.41, 5.74) is 1.35. The van der Waals surface area contributed by atoms with Gasteiger partial charge in [-0.25, -0.2) is 0 Å². The fourth-order valence-electron chi connectivity index (χ4n) is 2.69. The highest BCUT2D eigenvalue weighted by atomic mass is 35.5. The number of benzene rings is 1. The van der Waals surface area contributed by atoms with Crippen molar-refractivity contribution in [2.24, 2.45) is 0 Å². The van der Waals surface area contributed by atoms with E-state index in [1.807, 2.05) is 12.1 Å². The maximum absolute atomic E-state index is 6.29. The molecule has 0 amide bonds. The summed E-state index contributed by atoms with van der Waals surface area (Å²) in [7, 11) is 0. The second kappa shape index (κ2) is 6.99. The van der Waals surface area contributed by atoms with Crippen LogP contribution in [-0.4, -0.2) is 49.2 Å². The molecule has 0 radical (unpaired) electrons. The smallest absolute Gasteiger partial charge is 0.0639 e. The zero-order chi connectivity index (χ0) is 15.5. The van der Waals surface area contributed by atoms with E-state index in [1.54, 1.807) is 0 Å². The average molecular weight is 310 g/mol. The number of para-hydroxylation sites is 1. The van der Waals surface area contributed by atoms with E-state index >= 15 is 0 Å². The van der Waals surface area contributed by atoms with Crippen molar-refractivity contribution < 1.29 is 0 Å². The number of nitrogens with zero attached hydrogens (tertiary/aromatic N) is 2. The Hall–Kier alpha value is -0.770. The Labute approximate surface area is 134 Å². The van der Waals surface area contributed by atoms with E-state index in [0.717, 1.165) is 37.7 Å². The average Bonchev–Trinajstić information content (AvgIpc) is 2.45. The molecule has 2 rings (SSSR count). The Balaban J connectivity index is 1.84. The summed E-state index contributed by atoms with van der Waals surface area (Å²) in [5, 5.41) is 4.45. The predicted octanol–water partition coefficient (Wildman–Crippen LogP) is 3.24. The second-order valence-electron chi connectivity index (χ2n) is 6.95. The third-order valence-electron chi connectivity index (χ3n) is 4.06. The molecular weight excluding hydrogens is 282 g/mol. The SMILES string of the molecule is CC(CNC(C)(C)C)N1CCN(c2ccccc2Cl)CC1. The molecule has 1 aliphatic rings. The fourth-order valence-corrected chi connectivity index (χ4v) is 2.95. The van der Waals surface area contributed by atoms with Crippen molar-refractivity contribution in [3.8, 4) is 0 Å². The van der Waals surface area contributed by atoms with E-state index in [0.29, 0.717) is 6.04 Å². The first-order chi connectivity index (χ1) is 9.87. The highest BCUT2D eigenvalue weighted by Gasteiger charge is 2.23. The quantitative estimate of drug-likeness (QED) is 0.921. The molecular formula is C17H28ClN3. The minimum absolute atomic E-state index is 0.188. The van der Waals surface area contributed by atoms with Crippen LogP contribution in [0.25, 0.3) is 0 Å². The third kappa shape index (κ3) is 4.87. The van der Waals surface area contributed by atoms with Crippen molar-refractivity contribution in [3.63, 3.8) is 0 Å². The monoisotopic (exact) mass is 309 g/mol. The van der Waals surface area contributed by atoms with Gasteiger partial charge in [0.05, 0.1) is 10.7 Å². The van der Waals surface area contributed by atoms with Crippen LogP contribution in [0.4, 0.5) is 5.69 Å². The van der Waals surface area contributed by atoms with Gasteiger partial charge in [-0.1, -0.05) is 23.7 Å². The first-order valence-electron chi connectivity index (χ1n) is 7.85. The Morgan fingerprint density at radius 2 is 1.76 bits per heavy atom. The van der Waals surface area contributed by atoms with Crippen LogP contribution in [0.3, 0.4) is 0 Å². The molecule has 118 valence electrons. The lowest BCUT2D eigenvalue weighted by Crippen LogP contribution is -2.53. The topological polar surface area (TPSA) is 18.5 Å². The van der Waals surface area contributed by atoms with Crippen molar-refractivity contribution >= 4 is 17.3 Å². The lowest BCUT2D eigenvalue weighted by Gasteiger charge is -2.40. The molecule has 1 aliphatic heterocycles. The molecule has 1 heterocycles. The molecule has 1 saturated heterocycles. The zero-order valence-electron chi connectivity index (χ0n) is 13.7. The molecule has 3 nitrogen and oxygen atoms in total. The molecule has 0 spiro atoms. The lowest BCUT2D eigenvalue weighted by molar-refractivity contribution is 0.184. The molecule has 1 aromatic carbocycles. The van der Waals surface area contributed by atoms with Crippen LogP contribution in [0.15, 0.2) is 24.3 Å². The molecule has 0 saturated carbocycles. The highest BCUT2D eigenvalue weighted by Crippen LogP contribution is 2.26. The van der Waals surface area contributed by atoms with Crippen LogP contribution < -0.4 is 10.2 Å². The first kappa shape index (κ1) is 16.6. The van der Waals surface area contributed by atoms with Gasteiger partial charge >= 0.3 is 0 Å². The summed E-state index contributed by atoms with van der Waals surface area (Å²) in [6, 6.07) is 8.70. The van der Waals surface area contributed by atoms with Crippen LogP contribution in [0.1, 0.15) is 27.7 Å². The number of hydrogen-bond acceptors (Lipinski definition) is 3. The van der Waals surface area contributed by atoms with E-state index in [9.17, 15) is 0 Å². The van der Waals surface area contributed by atoms with E-state index in [1.165, 1.54) is 5.69 Å². The fraction of sp³-hybridized carbons (Fsp3) is 0.647. The highest BCUT2D eigenvalue weighted by molar-refractivity contribution is 6.33. The molecule has 0 aromatic heterocycles. The van der Waals surface area contributed by atoms with Crippen molar-refractivity contribution in [1.82, 2.24) is 10.2 Å². The van der Waals surface area contributed by atoms with Gasteiger partial charge in [0, 0.05) is 44.3 Å². The van der Waals surface area contributed by atoms with E-state index in [2.05, 4.69) is 54.9 Å². The Kier molecular flexibility index (Phi) is 5.53.